The Balaban J connectivity index is 1.85. The monoisotopic (exact) mass is 429 g/mol. The largest absolute Gasteiger partial charge is 0.497 e. The normalized spacial score (nSPS) is 11.3. The van der Waals surface area contributed by atoms with Gasteiger partial charge in [0.15, 0.2) is 0 Å². The van der Waals surface area contributed by atoms with E-state index in [0.717, 1.165) is 10.4 Å². The lowest BCUT2D eigenvalue weighted by Gasteiger charge is -2.22. The van der Waals surface area contributed by atoms with Crippen LogP contribution in [0.3, 0.4) is 0 Å². The highest BCUT2D eigenvalue weighted by Gasteiger charge is 2.27. The maximum Gasteiger partial charge on any atom is 0.245 e. The first kappa shape index (κ1) is 21.4. The van der Waals surface area contributed by atoms with E-state index in [1.54, 1.807) is 24.3 Å². The minimum absolute atomic E-state index is 0.0305. The van der Waals surface area contributed by atoms with Crippen LogP contribution in [0.1, 0.15) is 5.56 Å². The minimum atomic E-state index is -4.01. The van der Waals surface area contributed by atoms with E-state index in [2.05, 4.69) is 10.3 Å². The fourth-order valence-corrected chi connectivity index (χ4v) is 4.09. The summed E-state index contributed by atoms with van der Waals surface area (Å²) in [5, 5.41) is 2.52. The predicted molar refractivity (Wildman–Crippen MR) is 110 cm³/mol. The number of pyridine rings is 1. The molecule has 1 aromatic heterocycles. The van der Waals surface area contributed by atoms with Gasteiger partial charge in [-0.25, -0.2) is 12.8 Å². The van der Waals surface area contributed by atoms with Crippen molar-refractivity contribution in [2.75, 3.05) is 19.0 Å². The minimum Gasteiger partial charge on any atom is -0.497 e. The van der Waals surface area contributed by atoms with Crippen molar-refractivity contribution in [2.45, 2.75) is 11.4 Å². The van der Waals surface area contributed by atoms with E-state index >= 15 is 0 Å². The summed E-state index contributed by atoms with van der Waals surface area (Å²) >= 11 is 0. The lowest BCUT2D eigenvalue weighted by Crippen LogP contribution is -2.37. The summed E-state index contributed by atoms with van der Waals surface area (Å²) in [7, 11) is -2.47. The van der Waals surface area contributed by atoms with Gasteiger partial charge in [-0.3, -0.25) is 9.78 Å². The highest BCUT2D eigenvalue weighted by Crippen LogP contribution is 2.20. The number of carbonyl (C=O) groups is 1. The molecule has 0 saturated heterocycles. The maximum atomic E-state index is 13.4. The molecule has 0 aliphatic heterocycles. The molecule has 0 aliphatic rings. The Bertz CT molecular complexity index is 1110. The van der Waals surface area contributed by atoms with Crippen molar-refractivity contribution in [1.29, 1.82) is 0 Å². The van der Waals surface area contributed by atoms with Crippen molar-refractivity contribution in [2.24, 2.45) is 0 Å². The van der Waals surface area contributed by atoms with E-state index in [1.165, 1.54) is 49.8 Å². The molecule has 1 N–H and O–H groups in total. The average molecular weight is 429 g/mol. The molecule has 0 spiro atoms. The Labute approximate surface area is 174 Å². The number of aromatic nitrogens is 1. The molecule has 0 radical (unpaired) electrons. The van der Waals surface area contributed by atoms with Crippen LogP contribution in [0.4, 0.5) is 10.1 Å². The molecule has 1 amide bonds. The summed E-state index contributed by atoms with van der Waals surface area (Å²) in [6, 6.07) is 15.1. The van der Waals surface area contributed by atoms with E-state index < -0.39 is 28.3 Å². The van der Waals surface area contributed by atoms with Crippen molar-refractivity contribution >= 4 is 21.6 Å². The van der Waals surface area contributed by atoms with Crippen molar-refractivity contribution in [1.82, 2.24) is 9.29 Å². The van der Waals surface area contributed by atoms with Gasteiger partial charge in [0, 0.05) is 24.6 Å². The molecular weight excluding hydrogens is 409 g/mol. The standard InChI is InChI=1S/C21H20FN3O4S/c1-29-19-9-7-16(8-10-19)14-25(30(27,28)20-6-3-11-23-13-20)15-21(26)24-18-5-2-4-17(22)12-18/h2-13H,14-15H2,1H3,(H,24,26). The van der Waals surface area contributed by atoms with Crippen molar-refractivity contribution in [3.05, 3.63) is 84.4 Å². The molecule has 156 valence electrons. The Morgan fingerprint density at radius 1 is 1.13 bits per heavy atom. The van der Waals surface area contributed by atoms with Gasteiger partial charge in [-0.1, -0.05) is 18.2 Å². The van der Waals surface area contributed by atoms with Crippen molar-refractivity contribution in [3.63, 3.8) is 0 Å². The quantitative estimate of drug-likeness (QED) is 0.595. The number of rotatable bonds is 8. The van der Waals surface area contributed by atoms with Crippen molar-refractivity contribution < 1.29 is 22.3 Å². The third-order valence-electron chi connectivity index (χ3n) is 4.22. The number of carbonyl (C=O) groups excluding carboxylic acids is 1. The number of benzene rings is 2. The summed E-state index contributed by atoms with van der Waals surface area (Å²) in [5.74, 6) is -0.475. The molecule has 1 heterocycles. The summed E-state index contributed by atoms with van der Waals surface area (Å²) in [4.78, 5) is 16.4. The second kappa shape index (κ2) is 9.47. The number of amides is 1. The number of methoxy groups -OCH3 is 1. The Morgan fingerprint density at radius 2 is 1.90 bits per heavy atom. The summed E-state index contributed by atoms with van der Waals surface area (Å²) in [6.07, 6.45) is 2.68. The lowest BCUT2D eigenvalue weighted by molar-refractivity contribution is -0.116. The molecule has 9 heteroatoms. The number of nitrogens with one attached hydrogen (secondary N) is 1. The first-order valence-corrected chi connectivity index (χ1v) is 10.4. The number of anilines is 1. The van der Waals surface area contributed by atoms with Gasteiger partial charge in [0.1, 0.15) is 16.5 Å². The summed E-state index contributed by atoms with van der Waals surface area (Å²) in [6.45, 7) is -0.502. The van der Waals surface area contributed by atoms with Gasteiger partial charge in [-0.05, 0) is 48.0 Å². The maximum absolute atomic E-state index is 13.4. The molecule has 3 aromatic rings. The van der Waals surface area contributed by atoms with E-state index in [-0.39, 0.29) is 17.1 Å². The van der Waals surface area contributed by atoms with E-state index in [9.17, 15) is 17.6 Å². The molecule has 0 saturated carbocycles. The molecular formula is C21H20FN3O4S. The number of hydrogen-bond acceptors (Lipinski definition) is 5. The van der Waals surface area contributed by atoms with Gasteiger partial charge in [0.05, 0.1) is 13.7 Å². The average Bonchev–Trinajstić information content (AvgIpc) is 2.74. The molecule has 7 nitrogen and oxygen atoms in total. The van der Waals surface area contributed by atoms with Crippen LogP contribution in [0.25, 0.3) is 0 Å². The zero-order chi connectivity index (χ0) is 21.6. The van der Waals surface area contributed by atoms with Gasteiger partial charge < -0.3 is 10.1 Å². The summed E-state index contributed by atoms with van der Waals surface area (Å²) in [5.41, 5.74) is 0.907. The van der Waals surface area contributed by atoms with Gasteiger partial charge in [0.2, 0.25) is 15.9 Å². The van der Waals surface area contributed by atoms with Gasteiger partial charge in [0.25, 0.3) is 0 Å². The molecule has 0 fully saturated rings. The zero-order valence-electron chi connectivity index (χ0n) is 16.2. The van der Waals surface area contributed by atoms with Crippen LogP contribution in [0.15, 0.2) is 78.0 Å². The molecule has 0 unspecified atom stereocenters. The molecule has 30 heavy (non-hydrogen) atoms. The highest BCUT2D eigenvalue weighted by atomic mass is 32.2. The van der Waals surface area contributed by atoms with E-state index in [0.29, 0.717) is 11.3 Å². The number of nitrogens with zero attached hydrogens (tertiary/aromatic N) is 2. The molecule has 0 atom stereocenters. The third-order valence-corrected chi connectivity index (χ3v) is 5.99. The molecule has 3 rings (SSSR count). The van der Waals surface area contributed by atoms with Crippen molar-refractivity contribution in [3.8, 4) is 5.75 Å². The Hall–Kier alpha value is -3.30. The van der Waals surface area contributed by atoms with Crippen LogP contribution in [0.2, 0.25) is 0 Å². The zero-order valence-corrected chi connectivity index (χ0v) is 17.0. The van der Waals surface area contributed by atoms with Crippen LogP contribution in [0.5, 0.6) is 5.75 Å². The second-order valence-corrected chi connectivity index (χ2v) is 8.31. The molecule has 2 aromatic carbocycles. The number of hydrogen-bond donors (Lipinski definition) is 1. The van der Waals surface area contributed by atoms with Gasteiger partial charge in [-0.2, -0.15) is 4.31 Å². The number of sulfonamides is 1. The molecule has 0 aliphatic carbocycles. The van der Waals surface area contributed by atoms with Crippen LogP contribution in [0, 0.1) is 5.82 Å². The van der Waals surface area contributed by atoms with Crippen LogP contribution in [-0.4, -0.2) is 37.3 Å². The first-order chi connectivity index (χ1) is 14.4. The van der Waals surface area contributed by atoms with Crippen LogP contribution < -0.4 is 10.1 Å². The SMILES string of the molecule is COc1ccc(CN(CC(=O)Nc2cccc(F)c2)S(=O)(=O)c2cccnc2)cc1. The fraction of sp³-hybridized carbons (Fsp3) is 0.143. The number of halogens is 1. The predicted octanol–water partition coefficient (Wildman–Crippen LogP) is 3.06. The van der Waals surface area contributed by atoms with E-state index in [1.807, 2.05) is 0 Å². The van der Waals surface area contributed by atoms with Crippen LogP contribution in [-0.2, 0) is 21.4 Å². The lowest BCUT2D eigenvalue weighted by atomic mass is 10.2. The van der Waals surface area contributed by atoms with Crippen LogP contribution >= 0.6 is 0 Å². The highest BCUT2D eigenvalue weighted by molar-refractivity contribution is 7.89. The smallest absolute Gasteiger partial charge is 0.245 e. The first-order valence-electron chi connectivity index (χ1n) is 8.97. The van der Waals surface area contributed by atoms with Gasteiger partial charge in [-0.15, -0.1) is 0 Å². The fourth-order valence-electron chi connectivity index (χ4n) is 2.74. The Morgan fingerprint density at radius 3 is 2.53 bits per heavy atom. The van der Waals surface area contributed by atoms with Gasteiger partial charge >= 0.3 is 0 Å². The topological polar surface area (TPSA) is 88.6 Å². The van der Waals surface area contributed by atoms with E-state index in [4.69, 9.17) is 4.74 Å². The Kier molecular flexibility index (Phi) is 6.76. The second-order valence-electron chi connectivity index (χ2n) is 6.37. The number of ether oxygens (including phenoxy) is 1. The molecule has 0 bridgehead atoms. The third kappa shape index (κ3) is 5.40. The summed E-state index contributed by atoms with van der Waals surface area (Å²) < 4.78 is 45.8.